The van der Waals surface area contributed by atoms with Gasteiger partial charge in [-0.05, 0) is 55.2 Å². The van der Waals surface area contributed by atoms with Crippen molar-refractivity contribution in [1.29, 1.82) is 0 Å². The molecule has 2 heterocycles. The number of benzene rings is 2. The van der Waals surface area contributed by atoms with Crippen molar-refractivity contribution in [2.45, 2.75) is 25.4 Å². The van der Waals surface area contributed by atoms with Crippen LogP contribution in [0, 0.1) is 0 Å². The molecule has 0 saturated carbocycles. The Morgan fingerprint density at radius 3 is 2.70 bits per heavy atom. The van der Waals surface area contributed by atoms with E-state index in [9.17, 15) is 5.11 Å². The molecule has 1 aliphatic heterocycles. The van der Waals surface area contributed by atoms with Gasteiger partial charge in [0.05, 0.1) is 17.4 Å². The zero-order valence-corrected chi connectivity index (χ0v) is 13.3. The predicted molar refractivity (Wildman–Crippen MR) is 92.7 cm³/mol. The van der Waals surface area contributed by atoms with Gasteiger partial charge in [0.1, 0.15) is 5.60 Å². The summed E-state index contributed by atoms with van der Waals surface area (Å²) in [6.45, 7) is 4.06. The van der Waals surface area contributed by atoms with E-state index >= 15 is 0 Å². The van der Waals surface area contributed by atoms with Crippen molar-refractivity contribution < 1.29 is 5.11 Å². The summed E-state index contributed by atoms with van der Waals surface area (Å²) in [7, 11) is 0. The number of imidazole rings is 1. The van der Waals surface area contributed by atoms with Crippen LogP contribution < -0.4 is 4.90 Å². The zero-order valence-electron chi connectivity index (χ0n) is 13.3. The molecule has 1 aliphatic rings. The van der Waals surface area contributed by atoms with Gasteiger partial charge in [-0.15, -0.1) is 0 Å². The Labute approximate surface area is 135 Å². The first-order valence-electron chi connectivity index (χ1n) is 8.16. The van der Waals surface area contributed by atoms with Gasteiger partial charge in [-0.2, -0.15) is 0 Å². The molecule has 0 amide bonds. The summed E-state index contributed by atoms with van der Waals surface area (Å²) in [6.07, 6.45) is 4.17. The van der Waals surface area contributed by atoms with Gasteiger partial charge in [0.2, 0.25) is 0 Å². The second-order valence-electron chi connectivity index (χ2n) is 6.45. The molecule has 0 aliphatic carbocycles. The molecule has 1 aromatic heterocycles. The highest BCUT2D eigenvalue weighted by atomic mass is 16.3. The van der Waals surface area contributed by atoms with E-state index in [-0.39, 0.29) is 0 Å². The molecule has 23 heavy (non-hydrogen) atoms. The van der Waals surface area contributed by atoms with Crippen LogP contribution in [0.2, 0.25) is 0 Å². The van der Waals surface area contributed by atoms with Crippen LogP contribution in [0.1, 0.15) is 30.9 Å². The summed E-state index contributed by atoms with van der Waals surface area (Å²) in [5, 5.41) is 11.2. The summed E-state index contributed by atoms with van der Waals surface area (Å²) in [5.74, 6) is 0. The predicted octanol–water partition coefficient (Wildman–Crippen LogP) is 3.42. The van der Waals surface area contributed by atoms with Gasteiger partial charge in [0, 0.05) is 18.8 Å². The summed E-state index contributed by atoms with van der Waals surface area (Å²) >= 11 is 0. The van der Waals surface area contributed by atoms with Crippen LogP contribution in [0.25, 0.3) is 11.0 Å². The summed E-state index contributed by atoms with van der Waals surface area (Å²) < 4.78 is 0. The quantitative estimate of drug-likeness (QED) is 0.779. The SMILES string of the molecule is CC(O)(c1cccc(N2CCCC2)c1)c1ccc2nc[nH]c2c1. The Bertz CT molecular complexity index is 831. The maximum absolute atomic E-state index is 11.2. The Kier molecular flexibility index (Phi) is 3.34. The van der Waals surface area contributed by atoms with Crippen LogP contribution >= 0.6 is 0 Å². The molecule has 1 fully saturated rings. The zero-order chi connectivity index (χ0) is 15.9. The van der Waals surface area contributed by atoms with Gasteiger partial charge in [0.15, 0.2) is 0 Å². The molecule has 1 unspecified atom stereocenters. The Balaban J connectivity index is 1.73. The van der Waals surface area contributed by atoms with E-state index < -0.39 is 5.60 Å². The molecule has 0 radical (unpaired) electrons. The molecule has 1 atom stereocenters. The number of aromatic amines is 1. The third kappa shape index (κ3) is 2.49. The standard InChI is InChI=1S/C19H21N3O/c1-19(23,15-7-8-17-18(12-15)21-13-20-17)14-5-4-6-16(11-14)22-9-2-3-10-22/h4-8,11-13,23H,2-3,9-10H2,1H3,(H,20,21). The normalized spacial score (nSPS) is 17.6. The lowest BCUT2D eigenvalue weighted by Crippen LogP contribution is -2.24. The van der Waals surface area contributed by atoms with E-state index in [1.807, 2.05) is 37.3 Å². The van der Waals surface area contributed by atoms with Crippen molar-refractivity contribution in [3.63, 3.8) is 0 Å². The molecule has 0 bridgehead atoms. The van der Waals surface area contributed by atoms with Crippen molar-refractivity contribution in [3.05, 3.63) is 59.9 Å². The van der Waals surface area contributed by atoms with Crippen LogP contribution in [0.15, 0.2) is 48.8 Å². The highest BCUT2D eigenvalue weighted by Crippen LogP contribution is 2.33. The molecular formula is C19H21N3O. The average molecular weight is 307 g/mol. The van der Waals surface area contributed by atoms with Crippen LogP contribution in [0.3, 0.4) is 0 Å². The second-order valence-corrected chi connectivity index (χ2v) is 6.45. The van der Waals surface area contributed by atoms with E-state index in [1.165, 1.54) is 18.5 Å². The number of fused-ring (bicyclic) bond motifs is 1. The van der Waals surface area contributed by atoms with Gasteiger partial charge in [-0.1, -0.05) is 18.2 Å². The molecule has 2 N–H and O–H groups in total. The fraction of sp³-hybridized carbons (Fsp3) is 0.316. The molecular weight excluding hydrogens is 286 g/mol. The Morgan fingerprint density at radius 1 is 1.09 bits per heavy atom. The fourth-order valence-electron chi connectivity index (χ4n) is 3.39. The largest absolute Gasteiger partial charge is 0.381 e. The topological polar surface area (TPSA) is 52.1 Å². The minimum absolute atomic E-state index is 0.868. The van der Waals surface area contributed by atoms with Gasteiger partial charge in [-0.3, -0.25) is 0 Å². The first-order chi connectivity index (χ1) is 11.1. The van der Waals surface area contributed by atoms with E-state index in [4.69, 9.17) is 0 Å². The first-order valence-corrected chi connectivity index (χ1v) is 8.16. The number of nitrogens with zero attached hydrogens (tertiary/aromatic N) is 2. The number of anilines is 1. The summed E-state index contributed by atoms with van der Waals surface area (Å²) in [4.78, 5) is 9.73. The van der Waals surface area contributed by atoms with Crippen molar-refractivity contribution in [2.24, 2.45) is 0 Å². The van der Waals surface area contributed by atoms with E-state index in [1.54, 1.807) is 6.33 Å². The monoisotopic (exact) mass is 307 g/mol. The van der Waals surface area contributed by atoms with Crippen molar-refractivity contribution >= 4 is 16.7 Å². The number of hydrogen-bond acceptors (Lipinski definition) is 3. The van der Waals surface area contributed by atoms with Crippen LogP contribution in [0.5, 0.6) is 0 Å². The van der Waals surface area contributed by atoms with E-state index in [2.05, 4.69) is 27.0 Å². The molecule has 118 valence electrons. The van der Waals surface area contributed by atoms with E-state index in [0.29, 0.717) is 0 Å². The smallest absolute Gasteiger partial charge is 0.112 e. The van der Waals surface area contributed by atoms with Crippen molar-refractivity contribution in [1.82, 2.24) is 9.97 Å². The lowest BCUT2D eigenvalue weighted by atomic mass is 9.87. The van der Waals surface area contributed by atoms with E-state index in [0.717, 1.165) is 35.2 Å². The minimum atomic E-state index is -1.03. The number of aliphatic hydroxyl groups is 1. The highest BCUT2D eigenvalue weighted by molar-refractivity contribution is 5.75. The number of H-pyrrole nitrogens is 1. The lowest BCUT2D eigenvalue weighted by molar-refractivity contribution is 0.102. The van der Waals surface area contributed by atoms with Crippen molar-refractivity contribution in [3.8, 4) is 0 Å². The van der Waals surface area contributed by atoms with Crippen LogP contribution in [0.4, 0.5) is 5.69 Å². The number of rotatable bonds is 3. The van der Waals surface area contributed by atoms with Gasteiger partial charge < -0.3 is 15.0 Å². The second kappa shape index (κ2) is 5.39. The summed E-state index contributed by atoms with van der Waals surface area (Å²) in [6, 6.07) is 14.1. The molecule has 4 rings (SSSR count). The third-order valence-corrected chi connectivity index (χ3v) is 4.86. The minimum Gasteiger partial charge on any atom is -0.381 e. The molecule has 0 spiro atoms. The average Bonchev–Trinajstić information content (AvgIpc) is 3.25. The molecule has 4 heteroatoms. The molecule has 1 saturated heterocycles. The first kappa shape index (κ1) is 14.3. The van der Waals surface area contributed by atoms with Gasteiger partial charge >= 0.3 is 0 Å². The summed E-state index contributed by atoms with van der Waals surface area (Å²) in [5.41, 5.74) is 3.81. The third-order valence-electron chi connectivity index (χ3n) is 4.86. The maximum Gasteiger partial charge on any atom is 0.112 e. The lowest BCUT2D eigenvalue weighted by Gasteiger charge is -2.27. The highest BCUT2D eigenvalue weighted by Gasteiger charge is 2.27. The number of aromatic nitrogens is 2. The maximum atomic E-state index is 11.2. The molecule has 4 nitrogen and oxygen atoms in total. The van der Waals surface area contributed by atoms with Crippen LogP contribution in [-0.4, -0.2) is 28.2 Å². The van der Waals surface area contributed by atoms with Crippen molar-refractivity contribution in [2.75, 3.05) is 18.0 Å². The number of nitrogens with one attached hydrogen (secondary N) is 1. The van der Waals surface area contributed by atoms with Gasteiger partial charge in [-0.25, -0.2) is 4.98 Å². The fourth-order valence-corrected chi connectivity index (χ4v) is 3.39. The Hall–Kier alpha value is -2.33. The molecule has 3 aromatic rings. The molecule has 2 aromatic carbocycles. The van der Waals surface area contributed by atoms with Crippen LogP contribution in [-0.2, 0) is 5.60 Å². The van der Waals surface area contributed by atoms with Gasteiger partial charge in [0.25, 0.3) is 0 Å². The number of hydrogen-bond donors (Lipinski definition) is 2. The Morgan fingerprint density at radius 2 is 1.87 bits per heavy atom.